The van der Waals surface area contributed by atoms with E-state index in [1.807, 2.05) is 42.8 Å². The normalized spacial score (nSPS) is 10.8. The van der Waals surface area contributed by atoms with Crippen molar-refractivity contribution < 1.29 is 4.79 Å². The van der Waals surface area contributed by atoms with Gasteiger partial charge in [0, 0.05) is 17.6 Å². The summed E-state index contributed by atoms with van der Waals surface area (Å²) in [6.45, 7) is 2.03. The van der Waals surface area contributed by atoms with Gasteiger partial charge in [-0.3, -0.25) is 4.79 Å². The molecule has 0 fully saturated rings. The van der Waals surface area contributed by atoms with Crippen molar-refractivity contribution in [3.05, 3.63) is 58.1 Å². The zero-order valence-corrected chi connectivity index (χ0v) is 16.5. The molecular weight excluding hydrogens is 391 g/mol. The van der Waals surface area contributed by atoms with E-state index in [0.29, 0.717) is 20.9 Å². The zero-order valence-electron chi connectivity index (χ0n) is 14.2. The Kier molecular flexibility index (Phi) is 5.86. The van der Waals surface area contributed by atoms with Crippen LogP contribution in [0.15, 0.2) is 47.6 Å². The molecular formula is C18H16Cl2N4OS. The lowest BCUT2D eigenvalue weighted by atomic mass is 10.1. The van der Waals surface area contributed by atoms with Gasteiger partial charge >= 0.3 is 0 Å². The second-order valence-corrected chi connectivity index (χ2v) is 7.48. The number of halogens is 2. The highest BCUT2D eigenvalue weighted by Crippen LogP contribution is 2.26. The summed E-state index contributed by atoms with van der Waals surface area (Å²) in [4.78, 5) is 12.2. The third-order valence-electron chi connectivity index (χ3n) is 3.68. The summed E-state index contributed by atoms with van der Waals surface area (Å²) < 4.78 is 1.87. The SMILES string of the molecule is Cc1ccc(-c2nnc(SCC(=O)Nc3cc(Cl)ccc3Cl)n2C)cc1. The van der Waals surface area contributed by atoms with Gasteiger partial charge in [0.2, 0.25) is 5.91 Å². The maximum Gasteiger partial charge on any atom is 0.234 e. The largest absolute Gasteiger partial charge is 0.324 e. The van der Waals surface area contributed by atoms with Gasteiger partial charge in [0.25, 0.3) is 0 Å². The second-order valence-electron chi connectivity index (χ2n) is 5.69. The molecule has 0 saturated carbocycles. The van der Waals surface area contributed by atoms with Crippen LogP contribution in [-0.2, 0) is 11.8 Å². The predicted molar refractivity (Wildman–Crippen MR) is 107 cm³/mol. The molecule has 1 N–H and O–H groups in total. The van der Waals surface area contributed by atoms with Crippen molar-refractivity contribution in [3.63, 3.8) is 0 Å². The summed E-state index contributed by atoms with van der Waals surface area (Å²) in [6, 6.07) is 13.0. The molecule has 5 nitrogen and oxygen atoms in total. The Bertz CT molecular complexity index is 941. The number of hydrogen-bond donors (Lipinski definition) is 1. The van der Waals surface area contributed by atoms with Gasteiger partial charge in [-0.2, -0.15) is 0 Å². The molecule has 3 aromatic rings. The first kappa shape index (κ1) is 18.8. The van der Waals surface area contributed by atoms with Gasteiger partial charge in [0.1, 0.15) is 0 Å². The molecule has 0 aliphatic rings. The lowest BCUT2D eigenvalue weighted by Gasteiger charge is -2.07. The maximum atomic E-state index is 12.2. The molecule has 1 heterocycles. The summed E-state index contributed by atoms with van der Waals surface area (Å²) in [5, 5.41) is 12.8. The fraction of sp³-hybridized carbons (Fsp3) is 0.167. The van der Waals surface area contributed by atoms with Crippen molar-refractivity contribution in [1.29, 1.82) is 0 Å². The van der Waals surface area contributed by atoms with Gasteiger partial charge in [0.15, 0.2) is 11.0 Å². The lowest BCUT2D eigenvalue weighted by molar-refractivity contribution is -0.113. The van der Waals surface area contributed by atoms with Crippen LogP contribution in [0.25, 0.3) is 11.4 Å². The second kappa shape index (κ2) is 8.12. The Morgan fingerprint density at radius 1 is 1.15 bits per heavy atom. The smallest absolute Gasteiger partial charge is 0.234 e. The van der Waals surface area contributed by atoms with Crippen LogP contribution in [0, 0.1) is 6.92 Å². The first-order valence-corrected chi connectivity index (χ1v) is 9.52. The Morgan fingerprint density at radius 2 is 1.88 bits per heavy atom. The maximum absolute atomic E-state index is 12.2. The number of anilines is 1. The number of thioether (sulfide) groups is 1. The minimum Gasteiger partial charge on any atom is -0.324 e. The standard InChI is InChI=1S/C18H16Cl2N4OS/c1-11-3-5-12(6-4-11)17-22-23-18(24(17)2)26-10-16(25)21-15-9-13(19)7-8-14(15)20/h3-9H,10H2,1-2H3,(H,21,25). The van der Waals surface area contributed by atoms with Crippen LogP contribution in [0.4, 0.5) is 5.69 Å². The van der Waals surface area contributed by atoms with Crippen molar-refractivity contribution in [2.45, 2.75) is 12.1 Å². The molecule has 26 heavy (non-hydrogen) atoms. The molecule has 0 atom stereocenters. The number of nitrogens with zero attached hydrogens (tertiary/aromatic N) is 3. The predicted octanol–water partition coefficient (Wildman–Crippen LogP) is 4.83. The van der Waals surface area contributed by atoms with Gasteiger partial charge in [0.05, 0.1) is 16.5 Å². The molecule has 1 amide bonds. The fourth-order valence-electron chi connectivity index (χ4n) is 2.30. The lowest BCUT2D eigenvalue weighted by Crippen LogP contribution is -2.14. The molecule has 0 unspecified atom stereocenters. The molecule has 0 radical (unpaired) electrons. The molecule has 0 spiro atoms. The van der Waals surface area contributed by atoms with Crippen LogP contribution in [0.3, 0.4) is 0 Å². The molecule has 1 aromatic heterocycles. The van der Waals surface area contributed by atoms with E-state index in [9.17, 15) is 4.79 Å². The van der Waals surface area contributed by atoms with E-state index in [2.05, 4.69) is 15.5 Å². The highest BCUT2D eigenvalue weighted by atomic mass is 35.5. The number of benzene rings is 2. The van der Waals surface area contributed by atoms with Crippen LogP contribution in [0.5, 0.6) is 0 Å². The van der Waals surface area contributed by atoms with Crippen molar-refractivity contribution in [2.75, 3.05) is 11.1 Å². The fourth-order valence-corrected chi connectivity index (χ4v) is 3.35. The summed E-state index contributed by atoms with van der Waals surface area (Å²) in [7, 11) is 1.88. The Morgan fingerprint density at radius 3 is 2.62 bits per heavy atom. The first-order valence-electron chi connectivity index (χ1n) is 7.78. The highest BCUT2D eigenvalue weighted by molar-refractivity contribution is 7.99. The van der Waals surface area contributed by atoms with E-state index in [0.717, 1.165) is 11.4 Å². The van der Waals surface area contributed by atoms with E-state index >= 15 is 0 Å². The van der Waals surface area contributed by atoms with Crippen LogP contribution in [-0.4, -0.2) is 26.4 Å². The van der Waals surface area contributed by atoms with Gasteiger partial charge in [-0.1, -0.05) is 64.8 Å². The van der Waals surface area contributed by atoms with E-state index in [4.69, 9.17) is 23.2 Å². The molecule has 8 heteroatoms. The number of nitrogens with one attached hydrogen (secondary N) is 1. The third kappa shape index (κ3) is 4.38. The average Bonchev–Trinajstić information content (AvgIpc) is 2.98. The topological polar surface area (TPSA) is 59.8 Å². The number of amides is 1. The number of carbonyl (C=O) groups is 1. The number of aromatic nitrogens is 3. The van der Waals surface area contributed by atoms with Gasteiger partial charge in [-0.15, -0.1) is 10.2 Å². The molecule has 3 rings (SSSR count). The van der Waals surface area contributed by atoms with Crippen molar-refractivity contribution in [2.24, 2.45) is 7.05 Å². The van der Waals surface area contributed by atoms with Crippen molar-refractivity contribution >= 4 is 46.6 Å². The summed E-state index contributed by atoms with van der Waals surface area (Å²) in [5.41, 5.74) is 2.65. The Hall–Kier alpha value is -2.02. The minimum absolute atomic E-state index is 0.183. The molecule has 0 aliphatic heterocycles. The van der Waals surface area contributed by atoms with Crippen LogP contribution in [0.1, 0.15) is 5.56 Å². The first-order chi connectivity index (χ1) is 12.4. The van der Waals surface area contributed by atoms with E-state index < -0.39 is 0 Å². The molecule has 0 aliphatic carbocycles. The highest BCUT2D eigenvalue weighted by Gasteiger charge is 2.13. The minimum atomic E-state index is -0.195. The summed E-state index contributed by atoms with van der Waals surface area (Å²) >= 11 is 13.3. The number of rotatable bonds is 5. The van der Waals surface area contributed by atoms with Crippen LogP contribution < -0.4 is 5.32 Å². The van der Waals surface area contributed by atoms with Crippen molar-refractivity contribution in [3.8, 4) is 11.4 Å². The number of carbonyl (C=O) groups excluding carboxylic acids is 1. The Balaban J connectivity index is 1.65. The monoisotopic (exact) mass is 406 g/mol. The van der Waals surface area contributed by atoms with E-state index in [1.165, 1.54) is 17.3 Å². The quantitative estimate of drug-likeness (QED) is 0.616. The average molecular weight is 407 g/mol. The van der Waals surface area contributed by atoms with Crippen molar-refractivity contribution in [1.82, 2.24) is 14.8 Å². The van der Waals surface area contributed by atoms with Crippen LogP contribution in [0.2, 0.25) is 10.0 Å². The number of aryl methyl sites for hydroxylation is 1. The zero-order chi connectivity index (χ0) is 18.7. The van der Waals surface area contributed by atoms with Gasteiger partial charge in [-0.25, -0.2) is 0 Å². The van der Waals surface area contributed by atoms with Crippen LogP contribution >= 0.6 is 35.0 Å². The van der Waals surface area contributed by atoms with E-state index in [1.54, 1.807) is 18.2 Å². The van der Waals surface area contributed by atoms with E-state index in [-0.39, 0.29) is 11.7 Å². The molecule has 134 valence electrons. The van der Waals surface area contributed by atoms with Gasteiger partial charge in [-0.05, 0) is 25.1 Å². The molecule has 2 aromatic carbocycles. The Labute approximate surface area is 165 Å². The van der Waals surface area contributed by atoms with Gasteiger partial charge < -0.3 is 9.88 Å². The molecule has 0 saturated heterocycles. The third-order valence-corrected chi connectivity index (χ3v) is 5.26. The number of hydrogen-bond acceptors (Lipinski definition) is 4. The summed E-state index contributed by atoms with van der Waals surface area (Å²) in [5.74, 6) is 0.743. The molecule has 0 bridgehead atoms. The summed E-state index contributed by atoms with van der Waals surface area (Å²) in [6.07, 6.45) is 0.